The van der Waals surface area contributed by atoms with Crippen molar-refractivity contribution in [1.82, 2.24) is 4.98 Å². The van der Waals surface area contributed by atoms with Crippen LogP contribution in [0.3, 0.4) is 0 Å². The monoisotopic (exact) mass is 314 g/mol. The highest BCUT2D eigenvalue weighted by molar-refractivity contribution is 6.34. The van der Waals surface area contributed by atoms with E-state index in [1.807, 2.05) is 0 Å². The number of rotatable bonds is 2. The Bertz CT molecular complexity index is 489. The van der Waals surface area contributed by atoms with Gasteiger partial charge in [0.25, 0.3) is 0 Å². The summed E-state index contributed by atoms with van der Waals surface area (Å²) in [5, 5.41) is 1.11. The first-order valence-corrected chi connectivity index (χ1v) is 8.06. The number of pyridine rings is 1. The molecule has 2 fully saturated rings. The van der Waals surface area contributed by atoms with Crippen LogP contribution in [0.1, 0.15) is 50.3 Å². The van der Waals surface area contributed by atoms with E-state index in [1.165, 1.54) is 12.8 Å². The highest BCUT2D eigenvalue weighted by Crippen LogP contribution is 2.45. The molecule has 1 aromatic rings. The van der Waals surface area contributed by atoms with Gasteiger partial charge in [-0.15, -0.1) is 0 Å². The van der Waals surface area contributed by atoms with Crippen molar-refractivity contribution in [2.45, 2.75) is 50.2 Å². The largest absolute Gasteiger partial charge is 0.375 e. The van der Waals surface area contributed by atoms with E-state index >= 15 is 0 Å². The lowest BCUT2D eigenvalue weighted by molar-refractivity contribution is -0.0965. The maximum atomic E-state index is 6.43. The molecular formula is C15H20Cl2N2O. The molecule has 2 atom stereocenters. The highest BCUT2D eigenvalue weighted by Gasteiger charge is 2.42. The molecule has 1 aliphatic heterocycles. The van der Waals surface area contributed by atoms with E-state index in [9.17, 15) is 0 Å². The molecule has 2 heterocycles. The number of nitrogens with zero attached hydrogens (tertiary/aromatic N) is 1. The third kappa shape index (κ3) is 2.82. The first-order chi connectivity index (χ1) is 9.60. The smallest absolute Gasteiger partial charge is 0.0760 e. The van der Waals surface area contributed by atoms with Crippen LogP contribution < -0.4 is 5.73 Å². The quantitative estimate of drug-likeness (QED) is 0.893. The van der Waals surface area contributed by atoms with E-state index < -0.39 is 0 Å². The molecule has 2 N–H and O–H groups in total. The van der Waals surface area contributed by atoms with Gasteiger partial charge < -0.3 is 10.5 Å². The maximum absolute atomic E-state index is 6.43. The van der Waals surface area contributed by atoms with Crippen LogP contribution in [0.2, 0.25) is 10.0 Å². The molecule has 1 spiro atoms. The van der Waals surface area contributed by atoms with Crippen LogP contribution >= 0.6 is 23.2 Å². The molecule has 2 unspecified atom stereocenters. The zero-order valence-electron chi connectivity index (χ0n) is 11.4. The van der Waals surface area contributed by atoms with Gasteiger partial charge >= 0.3 is 0 Å². The molecule has 0 radical (unpaired) electrons. The number of ether oxygens (including phenoxy) is 1. The van der Waals surface area contributed by atoms with Crippen LogP contribution in [0.5, 0.6) is 0 Å². The van der Waals surface area contributed by atoms with E-state index in [4.69, 9.17) is 33.7 Å². The summed E-state index contributed by atoms with van der Waals surface area (Å²) in [4.78, 5) is 4.34. The van der Waals surface area contributed by atoms with Crippen molar-refractivity contribution in [1.29, 1.82) is 0 Å². The Hall–Kier alpha value is -0.350. The molecule has 110 valence electrons. The zero-order chi connectivity index (χ0) is 14.2. The van der Waals surface area contributed by atoms with Gasteiger partial charge in [-0.1, -0.05) is 36.0 Å². The molecule has 20 heavy (non-hydrogen) atoms. The minimum absolute atomic E-state index is 0.0689. The predicted molar refractivity (Wildman–Crippen MR) is 81.1 cm³/mol. The molecule has 1 saturated heterocycles. The Labute approximate surface area is 129 Å². The second kappa shape index (κ2) is 5.80. The Kier molecular flexibility index (Phi) is 4.23. The van der Waals surface area contributed by atoms with Gasteiger partial charge in [-0.2, -0.15) is 0 Å². The van der Waals surface area contributed by atoms with Crippen LogP contribution in [0.4, 0.5) is 0 Å². The van der Waals surface area contributed by atoms with Gasteiger partial charge in [-0.05, 0) is 37.7 Å². The molecule has 0 bridgehead atoms. The number of aromatic nitrogens is 1. The minimum Gasteiger partial charge on any atom is -0.375 e. The van der Waals surface area contributed by atoms with Crippen molar-refractivity contribution in [3.05, 3.63) is 28.0 Å². The summed E-state index contributed by atoms with van der Waals surface area (Å²) in [6.07, 6.45) is 8.48. The minimum atomic E-state index is -0.138. The summed E-state index contributed by atoms with van der Waals surface area (Å²) in [6, 6.07) is 1.58. The van der Waals surface area contributed by atoms with Crippen LogP contribution in [0, 0.1) is 5.92 Å². The molecule has 1 aromatic heterocycles. The van der Waals surface area contributed by atoms with Gasteiger partial charge in [-0.25, -0.2) is 0 Å². The molecule has 1 aliphatic carbocycles. The second-order valence-electron chi connectivity index (χ2n) is 6.04. The van der Waals surface area contributed by atoms with E-state index in [1.54, 1.807) is 12.3 Å². The Morgan fingerprint density at radius 3 is 2.80 bits per heavy atom. The van der Waals surface area contributed by atoms with Crippen molar-refractivity contribution >= 4 is 23.2 Å². The van der Waals surface area contributed by atoms with Crippen LogP contribution in [0.15, 0.2) is 12.3 Å². The van der Waals surface area contributed by atoms with Crippen molar-refractivity contribution in [3.63, 3.8) is 0 Å². The number of hydrogen-bond donors (Lipinski definition) is 1. The van der Waals surface area contributed by atoms with Gasteiger partial charge in [0.1, 0.15) is 0 Å². The SMILES string of the molecule is NC(c1ncc(Cl)cc1Cl)C1CCOC2(CCCC2)C1. The Morgan fingerprint density at radius 1 is 1.35 bits per heavy atom. The fourth-order valence-corrected chi connectivity index (χ4v) is 4.14. The molecule has 0 amide bonds. The summed E-state index contributed by atoms with van der Waals surface area (Å²) in [5.74, 6) is 0.382. The zero-order valence-corrected chi connectivity index (χ0v) is 13.0. The maximum Gasteiger partial charge on any atom is 0.0760 e. The summed E-state index contributed by atoms with van der Waals surface area (Å²) >= 11 is 12.1. The fourth-order valence-electron chi connectivity index (χ4n) is 3.63. The normalized spacial score (nSPS) is 26.9. The van der Waals surface area contributed by atoms with Crippen LogP contribution in [-0.2, 0) is 4.74 Å². The van der Waals surface area contributed by atoms with E-state index in [2.05, 4.69) is 4.98 Å². The Balaban J connectivity index is 1.77. The second-order valence-corrected chi connectivity index (χ2v) is 6.88. The first kappa shape index (κ1) is 14.6. The van der Waals surface area contributed by atoms with Crippen molar-refractivity contribution in [2.75, 3.05) is 6.61 Å². The van der Waals surface area contributed by atoms with E-state index in [0.29, 0.717) is 16.0 Å². The summed E-state index contributed by atoms with van der Waals surface area (Å²) in [5.41, 5.74) is 7.26. The average molecular weight is 315 g/mol. The lowest BCUT2D eigenvalue weighted by Crippen LogP contribution is -2.41. The van der Waals surface area contributed by atoms with Gasteiger partial charge in [0, 0.05) is 12.8 Å². The average Bonchev–Trinajstić information content (AvgIpc) is 2.86. The molecule has 3 rings (SSSR count). The Morgan fingerprint density at radius 2 is 2.10 bits per heavy atom. The van der Waals surface area contributed by atoms with E-state index in [0.717, 1.165) is 38.0 Å². The summed E-state index contributed by atoms with van der Waals surface area (Å²) < 4.78 is 6.06. The molecule has 1 saturated carbocycles. The number of nitrogens with two attached hydrogens (primary N) is 1. The van der Waals surface area contributed by atoms with Crippen molar-refractivity contribution in [3.8, 4) is 0 Å². The van der Waals surface area contributed by atoms with Crippen molar-refractivity contribution < 1.29 is 4.74 Å². The fraction of sp³-hybridized carbons (Fsp3) is 0.667. The number of halogens is 2. The first-order valence-electron chi connectivity index (χ1n) is 7.30. The molecule has 3 nitrogen and oxygen atoms in total. The molecule has 5 heteroatoms. The highest BCUT2D eigenvalue weighted by atomic mass is 35.5. The lowest BCUT2D eigenvalue weighted by atomic mass is 9.80. The van der Waals surface area contributed by atoms with Crippen LogP contribution in [0.25, 0.3) is 0 Å². The molecule has 0 aromatic carbocycles. The third-order valence-electron chi connectivity index (χ3n) is 4.71. The third-order valence-corrected chi connectivity index (χ3v) is 5.22. The predicted octanol–water partition coefficient (Wildman–Crippen LogP) is 4.13. The van der Waals surface area contributed by atoms with Gasteiger partial charge in [0.15, 0.2) is 0 Å². The lowest BCUT2D eigenvalue weighted by Gasteiger charge is -2.40. The van der Waals surface area contributed by atoms with Gasteiger partial charge in [0.2, 0.25) is 0 Å². The van der Waals surface area contributed by atoms with Gasteiger partial charge in [0.05, 0.1) is 27.4 Å². The summed E-state index contributed by atoms with van der Waals surface area (Å²) in [6.45, 7) is 0.795. The molecular weight excluding hydrogens is 295 g/mol. The molecule has 2 aliphatic rings. The van der Waals surface area contributed by atoms with E-state index in [-0.39, 0.29) is 11.6 Å². The van der Waals surface area contributed by atoms with Crippen molar-refractivity contribution in [2.24, 2.45) is 11.7 Å². The topological polar surface area (TPSA) is 48.1 Å². The van der Waals surface area contributed by atoms with Crippen LogP contribution in [-0.4, -0.2) is 17.2 Å². The number of hydrogen-bond acceptors (Lipinski definition) is 3. The van der Waals surface area contributed by atoms with Gasteiger partial charge in [-0.3, -0.25) is 4.98 Å². The standard InChI is InChI=1S/C15H20Cl2N2O/c16-11-7-12(17)14(19-9-11)13(18)10-3-6-20-15(8-10)4-1-2-5-15/h7,9-10,13H,1-6,8,18H2. The summed E-state index contributed by atoms with van der Waals surface area (Å²) in [7, 11) is 0.